The van der Waals surface area contributed by atoms with Crippen LogP contribution in [-0.4, -0.2) is 35.0 Å². The lowest BCUT2D eigenvalue weighted by Crippen LogP contribution is -2.46. The number of hydrogen-bond donors (Lipinski definition) is 1. The van der Waals surface area contributed by atoms with Gasteiger partial charge in [0.05, 0.1) is 0 Å². The van der Waals surface area contributed by atoms with Gasteiger partial charge in [0.15, 0.2) is 0 Å². The number of carboxylic acids is 1. The fourth-order valence-corrected chi connectivity index (χ4v) is 2.14. The van der Waals surface area contributed by atoms with Crippen molar-refractivity contribution in [2.45, 2.75) is 40.0 Å². The van der Waals surface area contributed by atoms with Gasteiger partial charge in [0, 0.05) is 13.1 Å². The van der Waals surface area contributed by atoms with Crippen LogP contribution in [0.2, 0.25) is 0 Å². The average molecular weight is 227 g/mol. The largest absolute Gasteiger partial charge is 0.481 e. The number of hydrogen-bond acceptors (Lipinski definition) is 2. The highest BCUT2D eigenvalue weighted by atomic mass is 16.4. The van der Waals surface area contributed by atoms with Crippen molar-refractivity contribution in [2.75, 3.05) is 13.1 Å². The van der Waals surface area contributed by atoms with Gasteiger partial charge < -0.3 is 10.0 Å². The second-order valence-corrected chi connectivity index (χ2v) is 5.52. The van der Waals surface area contributed by atoms with Crippen molar-refractivity contribution >= 4 is 11.9 Å². The summed E-state index contributed by atoms with van der Waals surface area (Å²) in [6.07, 6.45) is 3.11. The predicted octanol–water partition coefficient (Wildman–Crippen LogP) is 1.75. The van der Waals surface area contributed by atoms with Crippen LogP contribution in [0, 0.1) is 11.3 Å². The van der Waals surface area contributed by atoms with Gasteiger partial charge in [-0.25, -0.2) is 0 Å². The Bertz CT molecular complexity index is 274. The van der Waals surface area contributed by atoms with E-state index in [4.69, 9.17) is 5.11 Å². The number of likely N-dealkylation sites (tertiary alicyclic amines) is 1. The molecule has 0 aromatic heterocycles. The maximum absolute atomic E-state index is 12.1. The van der Waals surface area contributed by atoms with Crippen LogP contribution in [0.4, 0.5) is 0 Å². The zero-order chi connectivity index (χ0) is 12.3. The number of rotatable bonds is 2. The van der Waals surface area contributed by atoms with Gasteiger partial charge in [0.1, 0.15) is 5.92 Å². The summed E-state index contributed by atoms with van der Waals surface area (Å²) in [4.78, 5) is 25.0. The normalized spacial score (nSPS) is 19.3. The van der Waals surface area contributed by atoms with Gasteiger partial charge in [-0.2, -0.15) is 0 Å². The number of aliphatic carboxylic acids is 1. The minimum Gasteiger partial charge on any atom is -0.481 e. The van der Waals surface area contributed by atoms with E-state index in [2.05, 4.69) is 0 Å². The van der Waals surface area contributed by atoms with E-state index in [1.54, 1.807) is 25.7 Å². The quantitative estimate of drug-likeness (QED) is 0.731. The van der Waals surface area contributed by atoms with Crippen molar-refractivity contribution in [3.8, 4) is 0 Å². The third kappa shape index (κ3) is 2.97. The van der Waals surface area contributed by atoms with Crippen LogP contribution in [-0.2, 0) is 9.59 Å². The van der Waals surface area contributed by atoms with Crippen LogP contribution >= 0.6 is 0 Å². The molecule has 1 fully saturated rings. The molecule has 1 heterocycles. The molecule has 0 aliphatic carbocycles. The van der Waals surface area contributed by atoms with Crippen molar-refractivity contribution in [2.24, 2.45) is 11.3 Å². The number of nitrogens with zero attached hydrogens (tertiary/aromatic N) is 1. The van der Waals surface area contributed by atoms with E-state index in [0.29, 0.717) is 13.1 Å². The molecule has 16 heavy (non-hydrogen) atoms. The number of carbonyl (C=O) groups excluding carboxylic acids is 1. The Hall–Kier alpha value is -1.06. The van der Waals surface area contributed by atoms with E-state index in [1.165, 1.54) is 0 Å². The number of carbonyl (C=O) groups is 2. The first-order valence-electron chi connectivity index (χ1n) is 5.85. The van der Waals surface area contributed by atoms with E-state index >= 15 is 0 Å². The minimum atomic E-state index is -1.01. The Morgan fingerprint density at radius 2 is 1.62 bits per heavy atom. The first kappa shape index (κ1) is 13.0. The van der Waals surface area contributed by atoms with E-state index in [1.807, 2.05) is 0 Å². The van der Waals surface area contributed by atoms with Gasteiger partial charge in [0.25, 0.3) is 0 Å². The van der Waals surface area contributed by atoms with Gasteiger partial charge in [-0.05, 0) is 24.7 Å². The zero-order valence-corrected chi connectivity index (χ0v) is 10.3. The molecular weight excluding hydrogens is 206 g/mol. The molecule has 4 heteroatoms. The predicted molar refractivity (Wildman–Crippen MR) is 61.0 cm³/mol. The molecule has 0 radical (unpaired) electrons. The maximum Gasteiger partial charge on any atom is 0.316 e. The van der Waals surface area contributed by atoms with Gasteiger partial charge in [-0.3, -0.25) is 9.59 Å². The lowest BCUT2D eigenvalue weighted by molar-refractivity contribution is -0.156. The van der Waals surface area contributed by atoms with Gasteiger partial charge >= 0.3 is 5.97 Å². The van der Waals surface area contributed by atoms with Crippen molar-refractivity contribution in [3.63, 3.8) is 0 Å². The van der Waals surface area contributed by atoms with Crippen molar-refractivity contribution < 1.29 is 14.7 Å². The number of piperidine rings is 1. The third-order valence-electron chi connectivity index (χ3n) is 3.03. The summed E-state index contributed by atoms with van der Waals surface area (Å²) >= 11 is 0. The highest BCUT2D eigenvalue weighted by molar-refractivity contribution is 5.97. The molecular formula is C12H21NO3. The smallest absolute Gasteiger partial charge is 0.316 e. The summed E-state index contributed by atoms with van der Waals surface area (Å²) < 4.78 is 0. The third-order valence-corrected chi connectivity index (χ3v) is 3.03. The SMILES string of the molecule is CC(C)(C)C(C(=O)O)C(=O)N1CCCCC1. The highest BCUT2D eigenvalue weighted by Crippen LogP contribution is 2.28. The average Bonchev–Trinajstić information content (AvgIpc) is 2.16. The molecule has 1 aliphatic heterocycles. The minimum absolute atomic E-state index is 0.222. The number of carboxylic acid groups (broad SMARTS) is 1. The molecule has 4 nitrogen and oxygen atoms in total. The highest BCUT2D eigenvalue weighted by Gasteiger charge is 2.40. The molecule has 0 saturated carbocycles. The van der Waals surface area contributed by atoms with Crippen molar-refractivity contribution in [1.29, 1.82) is 0 Å². The maximum atomic E-state index is 12.1. The summed E-state index contributed by atoms with van der Waals surface area (Å²) in [5.41, 5.74) is -0.527. The monoisotopic (exact) mass is 227 g/mol. The van der Waals surface area contributed by atoms with Crippen LogP contribution in [0.3, 0.4) is 0 Å². The van der Waals surface area contributed by atoms with E-state index in [-0.39, 0.29) is 5.91 Å². The van der Waals surface area contributed by atoms with Crippen molar-refractivity contribution in [1.82, 2.24) is 4.90 Å². The number of amides is 1. The fourth-order valence-electron chi connectivity index (χ4n) is 2.14. The van der Waals surface area contributed by atoms with Crippen LogP contribution in [0.5, 0.6) is 0 Å². The standard InChI is InChI=1S/C12H21NO3/c1-12(2,3)9(11(15)16)10(14)13-7-5-4-6-8-13/h9H,4-8H2,1-3H3,(H,15,16). The Morgan fingerprint density at radius 3 is 2.00 bits per heavy atom. The zero-order valence-electron chi connectivity index (χ0n) is 10.3. The molecule has 1 unspecified atom stereocenters. The lowest BCUT2D eigenvalue weighted by atomic mass is 9.79. The first-order chi connectivity index (χ1) is 7.34. The van der Waals surface area contributed by atoms with Crippen molar-refractivity contribution in [3.05, 3.63) is 0 Å². The molecule has 1 N–H and O–H groups in total. The van der Waals surface area contributed by atoms with E-state index in [9.17, 15) is 9.59 Å². The summed E-state index contributed by atoms with van der Waals surface area (Å²) in [7, 11) is 0. The molecule has 1 rings (SSSR count). The molecule has 1 aliphatic rings. The van der Waals surface area contributed by atoms with Crippen LogP contribution in [0.25, 0.3) is 0 Å². The molecule has 0 spiro atoms. The second-order valence-electron chi connectivity index (χ2n) is 5.52. The molecule has 0 aromatic carbocycles. The summed E-state index contributed by atoms with van der Waals surface area (Å²) in [5.74, 6) is -2.16. The van der Waals surface area contributed by atoms with Gasteiger partial charge in [-0.15, -0.1) is 0 Å². The molecule has 1 saturated heterocycles. The molecule has 1 amide bonds. The Balaban J connectivity index is 2.78. The summed E-state index contributed by atoms with van der Waals surface area (Å²) in [6, 6.07) is 0. The second kappa shape index (κ2) is 4.85. The Morgan fingerprint density at radius 1 is 1.12 bits per heavy atom. The van der Waals surface area contributed by atoms with Crippen LogP contribution in [0.1, 0.15) is 40.0 Å². The van der Waals surface area contributed by atoms with E-state index < -0.39 is 17.3 Å². The van der Waals surface area contributed by atoms with Gasteiger partial charge in [0.2, 0.25) is 5.91 Å². The Labute approximate surface area is 96.6 Å². The lowest BCUT2D eigenvalue weighted by Gasteiger charge is -2.33. The topological polar surface area (TPSA) is 57.6 Å². The molecule has 1 atom stereocenters. The molecule has 0 bridgehead atoms. The Kier molecular flexibility index (Phi) is 3.94. The fraction of sp³-hybridized carbons (Fsp3) is 0.833. The first-order valence-corrected chi connectivity index (χ1v) is 5.85. The summed E-state index contributed by atoms with van der Waals surface area (Å²) in [5, 5.41) is 9.16. The molecule has 0 aromatic rings. The molecule has 92 valence electrons. The van der Waals surface area contributed by atoms with Crippen LogP contribution < -0.4 is 0 Å². The summed E-state index contributed by atoms with van der Waals surface area (Å²) in [6.45, 7) is 6.81. The van der Waals surface area contributed by atoms with Gasteiger partial charge in [-0.1, -0.05) is 20.8 Å². The van der Waals surface area contributed by atoms with Crippen LogP contribution in [0.15, 0.2) is 0 Å². The van der Waals surface area contributed by atoms with E-state index in [0.717, 1.165) is 19.3 Å².